The van der Waals surface area contributed by atoms with Crippen LogP contribution in [0.15, 0.2) is 34.9 Å². The van der Waals surface area contributed by atoms with Crippen molar-refractivity contribution < 1.29 is 4.42 Å². The zero-order valence-corrected chi connectivity index (χ0v) is 12.2. The Kier molecular flexibility index (Phi) is 3.12. The predicted octanol–water partition coefficient (Wildman–Crippen LogP) is 3.32. The molecule has 2 atom stereocenters. The summed E-state index contributed by atoms with van der Waals surface area (Å²) in [5, 5.41) is 1.57. The standard InChI is InChI=1S/C16H19ClN2O/c17-12-4-6-18-7-8-19(11-13(18)10-12)15-2-1-3-16-14(15)5-9-20-16/h1-3,5,9,12-13H,4,6-8,10-11H2. The first-order valence-corrected chi connectivity index (χ1v) is 7.84. The second-order valence-electron chi connectivity index (χ2n) is 5.87. The van der Waals surface area contributed by atoms with Crippen molar-refractivity contribution >= 4 is 28.3 Å². The molecule has 0 saturated carbocycles. The van der Waals surface area contributed by atoms with Crippen LogP contribution < -0.4 is 4.90 Å². The van der Waals surface area contributed by atoms with Gasteiger partial charge in [0.25, 0.3) is 0 Å². The highest BCUT2D eigenvalue weighted by Crippen LogP contribution is 2.31. The molecule has 20 heavy (non-hydrogen) atoms. The SMILES string of the molecule is ClC1CCN2CCN(c3cccc4occc34)CC2C1. The zero-order chi connectivity index (χ0) is 13.5. The second kappa shape index (κ2) is 4.97. The minimum absolute atomic E-state index is 0.348. The lowest BCUT2D eigenvalue weighted by molar-refractivity contribution is 0.135. The maximum atomic E-state index is 6.35. The smallest absolute Gasteiger partial charge is 0.135 e. The zero-order valence-electron chi connectivity index (χ0n) is 11.5. The van der Waals surface area contributed by atoms with E-state index in [0.717, 1.165) is 44.6 Å². The highest BCUT2D eigenvalue weighted by molar-refractivity contribution is 6.20. The van der Waals surface area contributed by atoms with E-state index < -0.39 is 0 Å². The summed E-state index contributed by atoms with van der Waals surface area (Å²) in [6.45, 7) is 4.46. The lowest BCUT2D eigenvalue weighted by Crippen LogP contribution is -2.56. The Hall–Kier alpha value is -1.19. The molecule has 2 aliphatic heterocycles. The van der Waals surface area contributed by atoms with E-state index in [9.17, 15) is 0 Å². The molecule has 0 N–H and O–H groups in total. The number of halogens is 1. The van der Waals surface area contributed by atoms with Crippen LogP contribution in [0, 0.1) is 0 Å². The number of rotatable bonds is 1. The fraction of sp³-hybridized carbons (Fsp3) is 0.500. The van der Waals surface area contributed by atoms with Gasteiger partial charge in [0.05, 0.1) is 6.26 Å². The van der Waals surface area contributed by atoms with Crippen molar-refractivity contribution in [1.29, 1.82) is 0 Å². The Morgan fingerprint density at radius 2 is 2.10 bits per heavy atom. The summed E-state index contributed by atoms with van der Waals surface area (Å²) in [5.41, 5.74) is 2.27. The van der Waals surface area contributed by atoms with Crippen LogP contribution in [-0.2, 0) is 0 Å². The number of benzene rings is 1. The van der Waals surface area contributed by atoms with Crippen LogP contribution in [0.3, 0.4) is 0 Å². The molecular formula is C16H19ClN2O. The van der Waals surface area contributed by atoms with Gasteiger partial charge >= 0.3 is 0 Å². The number of anilines is 1. The van der Waals surface area contributed by atoms with Gasteiger partial charge in [-0.05, 0) is 37.6 Å². The molecule has 0 aliphatic carbocycles. The van der Waals surface area contributed by atoms with Gasteiger partial charge in [-0.2, -0.15) is 0 Å². The third-order valence-electron chi connectivity index (χ3n) is 4.68. The highest BCUT2D eigenvalue weighted by atomic mass is 35.5. The van der Waals surface area contributed by atoms with Crippen LogP contribution in [0.2, 0.25) is 0 Å². The van der Waals surface area contributed by atoms with E-state index in [1.807, 2.05) is 6.07 Å². The number of fused-ring (bicyclic) bond motifs is 2. The summed E-state index contributed by atoms with van der Waals surface area (Å²) in [5.74, 6) is 0. The molecule has 2 fully saturated rings. The number of piperidine rings is 1. The van der Waals surface area contributed by atoms with Crippen LogP contribution in [0.25, 0.3) is 11.0 Å². The number of furan rings is 1. The monoisotopic (exact) mass is 290 g/mol. The lowest BCUT2D eigenvalue weighted by Gasteiger charge is -2.46. The van der Waals surface area contributed by atoms with E-state index in [1.165, 1.54) is 11.1 Å². The molecule has 0 spiro atoms. The average molecular weight is 291 g/mol. The number of alkyl halides is 1. The summed E-state index contributed by atoms with van der Waals surface area (Å²) in [7, 11) is 0. The summed E-state index contributed by atoms with van der Waals surface area (Å²) in [6, 6.07) is 8.99. The van der Waals surface area contributed by atoms with E-state index >= 15 is 0 Å². The van der Waals surface area contributed by atoms with Crippen LogP contribution in [0.5, 0.6) is 0 Å². The summed E-state index contributed by atoms with van der Waals surface area (Å²) in [6.07, 6.45) is 4.02. The van der Waals surface area contributed by atoms with Gasteiger partial charge in [-0.1, -0.05) is 6.07 Å². The Balaban J connectivity index is 1.62. The predicted molar refractivity (Wildman–Crippen MR) is 82.7 cm³/mol. The summed E-state index contributed by atoms with van der Waals surface area (Å²) < 4.78 is 5.51. The molecule has 2 aromatic rings. The van der Waals surface area contributed by atoms with Gasteiger partial charge in [0.2, 0.25) is 0 Å². The molecule has 0 radical (unpaired) electrons. The summed E-state index contributed by atoms with van der Waals surface area (Å²) >= 11 is 6.35. The molecule has 1 aromatic heterocycles. The van der Waals surface area contributed by atoms with E-state index in [-0.39, 0.29) is 0 Å². The Morgan fingerprint density at radius 3 is 3.05 bits per heavy atom. The molecule has 3 heterocycles. The van der Waals surface area contributed by atoms with Crippen LogP contribution in [0.1, 0.15) is 12.8 Å². The fourth-order valence-electron chi connectivity index (χ4n) is 3.60. The van der Waals surface area contributed by atoms with Crippen molar-refractivity contribution in [2.75, 3.05) is 31.1 Å². The van der Waals surface area contributed by atoms with Gasteiger partial charge in [-0.3, -0.25) is 4.90 Å². The molecule has 1 aromatic carbocycles. The molecule has 0 amide bonds. The molecule has 4 heteroatoms. The van der Waals surface area contributed by atoms with Crippen molar-refractivity contribution in [3.8, 4) is 0 Å². The quantitative estimate of drug-likeness (QED) is 0.751. The van der Waals surface area contributed by atoms with Crippen molar-refractivity contribution in [3.63, 3.8) is 0 Å². The van der Waals surface area contributed by atoms with E-state index in [2.05, 4.69) is 28.0 Å². The van der Waals surface area contributed by atoms with Crippen molar-refractivity contribution in [1.82, 2.24) is 4.90 Å². The molecule has 106 valence electrons. The van der Waals surface area contributed by atoms with Crippen LogP contribution in [-0.4, -0.2) is 42.5 Å². The van der Waals surface area contributed by atoms with E-state index in [4.69, 9.17) is 16.0 Å². The minimum atomic E-state index is 0.348. The highest BCUT2D eigenvalue weighted by Gasteiger charge is 2.32. The van der Waals surface area contributed by atoms with Crippen molar-refractivity contribution in [3.05, 3.63) is 30.5 Å². The lowest BCUT2D eigenvalue weighted by atomic mass is 9.98. The molecular weight excluding hydrogens is 272 g/mol. The molecule has 4 rings (SSSR count). The topological polar surface area (TPSA) is 19.6 Å². The molecule has 3 nitrogen and oxygen atoms in total. The van der Waals surface area contributed by atoms with Gasteiger partial charge in [0.15, 0.2) is 0 Å². The first kappa shape index (κ1) is 12.5. The Bertz CT molecular complexity index is 611. The first-order chi connectivity index (χ1) is 9.81. The van der Waals surface area contributed by atoms with Gasteiger partial charge in [-0.15, -0.1) is 11.6 Å². The number of nitrogens with zero attached hydrogens (tertiary/aromatic N) is 2. The van der Waals surface area contributed by atoms with E-state index in [1.54, 1.807) is 6.26 Å². The van der Waals surface area contributed by atoms with Gasteiger partial charge in [0, 0.05) is 42.1 Å². The average Bonchev–Trinajstić information content (AvgIpc) is 2.94. The third kappa shape index (κ3) is 2.09. The Labute approximate surface area is 124 Å². The maximum Gasteiger partial charge on any atom is 0.135 e. The first-order valence-electron chi connectivity index (χ1n) is 7.40. The van der Waals surface area contributed by atoms with Gasteiger partial charge in [0.1, 0.15) is 5.58 Å². The van der Waals surface area contributed by atoms with Crippen LogP contribution in [0.4, 0.5) is 5.69 Å². The third-order valence-corrected chi connectivity index (χ3v) is 5.07. The second-order valence-corrected chi connectivity index (χ2v) is 6.48. The summed E-state index contributed by atoms with van der Waals surface area (Å²) in [4.78, 5) is 5.10. The van der Waals surface area contributed by atoms with Gasteiger partial charge in [-0.25, -0.2) is 0 Å². The molecule has 2 unspecified atom stereocenters. The number of hydrogen-bond donors (Lipinski definition) is 0. The van der Waals surface area contributed by atoms with Crippen LogP contribution >= 0.6 is 11.6 Å². The normalized spacial score (nSPS) is 27.8. The van der Waals surface area contributed by atoms with Gasteiger partial charge < -0.3 is 9.32 Å². The van der Waals surface area contributed by atoms with Crippen molar-refractivity contribution in [2.24, 2.45) is 0 Å². The fourth-order valence-corrected chi connectivity index (χ4v) is 3.91. The molecule has 0 bridgehead atoms. The molecule has 2 aliphatic rings. The van der Waals surface area contributed by atoms with E-state index in [0.29, 0.717) is 11.4 Å². The minimum Gasteiger partial charge on any atom is -0.464 e. The Morgan fingerprint density at radius 1 is 1.15 bits per heavy atom. The van der Waals surface area contributed by atoms with Crippen molar-refractivity contribution in [2.45, 2.75) is 24.3 Å². The number of piperazine rings is 1. The largest absolute Gasteiger partial charge is 0.464 e. The number of hydrogen-bond acceptors (Lipinski definition) is 3. The molecule has 2 saturated heterocycles. The maximum absolute atomic E-state index is 6.35.